The van der Waals surface area contributed by atoms with Gasteiger partial charge in [0.25, 0.3) is 0 Å². The maximum absolute atomic E-state index is 13.4. The molecule has 2 aromatic rings. The fourth-order valence-electron chi connectivity index (χ4n) is 1.82. The monoisotopic (exact) mass is 341 g/mol. The Balaban J connectivity index is 2.11. The minimum Gasteiger partial charge on any atom is -0.497 e. The lowest BCUT2D eigenvalue weighted by molar-refractivity contribution is -0.113. The van der Waals surface area contributed by atoms with Gasteiger partial charge in [0, 0.05) is 6.07 Å². The van der Waals surface area contributed by atoms with Crippen molar-refractivity contribution >= 4 is 21.4 Å². The van der Waals surface area contributed by atoms with Gasteiger partial charge in [0.1, 0.15) is 23.1 Å². The SMILES string of the molecule is COc1ccc(S(=O)(=O)CC(=O)Nc2ccc(F)cc2F)cc1. The van der Waals surface area contributed by atoms with Crippen LogP contribution >= 0.6 is 0 Å². The van der Waals surface area contributed by atoms with Gasteiger partial charge in [-0.25, -0.2) is 17.2 Å². The molecule has 0 aliphatic heterocycles. The smallest absolute Gasteiger partial charge is 0.240 e. The third-order valence-electron chi connectivity index (χ3n) is 2.94. The Morgan fingerprint density at radius 1 is 1.13 bits per heavy atom. The Kier molecular flexibility index (Phi) is 4.95. The van der Waals surface area contributed by atoms with E-state index in [-0.39, 0.29) is 10.6 Å². The van der Waals surface area contributed by atoms with Gasteiger partial charge < -0.3 is 10.1 Å². The van der Waals surface area contributed by atoms with Crippen molar-refractivity contribution in [3.05, 3.63) is 54.1 Å². The molecule has 0 heterocycles. The number of hydrogen-bond donors (Lipinski definition) is 1. The second-order valence-electron chi connectivity index (χ2n) is 4.61. The number of amides is 1. The molecule has 0 aromatic heterocycles. The number of ether oxygens (including phenoxy) is 1. The van der Waals surface area contributed by atoms with Gasteiger partial charge in [-0.1, -0.05) is 0 Å². The van der Waals surface area contributed by atoms with E-state index < -0.39 is 33.1 Å². The first-order valence-corrected chi connectivity index (χ1v) is 8.09. The van der Waals surface area contributed by atoms with Crippen LogP contribution < -0.4 is 10.1 Å². The van der Waals surface area contributed by atoms with Crippen LogP contribution in [0.5, 0.6) is 5.75 Å². The molecule has 0 atom stereocenters. The van der Waals surface area contributed by atoms with Gasteiger partial charge in [-0.2, -0.15) is 0 Å². The third kappa shape index (κ3) is 4.26. The molecule has 0 aliphatic rings. The summed E-state index contributed by atoms with van der Waals surface area (Å²) < 4.78 is 55.4. The van der Waals surface area contributed by atoms with Gasteiger partial charge in [0.05, 0.1) is 17.7 Å². The Hall–Kier alpha value is -2.48. The van der Waals surface area contributed by atoms with E-state index in [4.69, 9.17) is 4.74 Å². The number of benzene rings is 2. The van der Waals surface area contributed by atoms with Crippen LogP contribution in [0.15, 0.2) is 47.4 Å². The number of halogens is 2. The van der Waals surface area contributed by atoms with Crippen molar-refractivity contribution in [3.8, 4) is 5.75 Å². The zero-order valence-corrected chi connectivity index (χ0v) is 12.9. The average molecular weight is 341 g/mol. The van der Waals surface area contributed by atoms with Crippen molar-refractivity contribution in [1.82, 2.24) is 0 Å². The number of methoxy groups -OCH3 is 1. The lowest BCUT2D eigenvalue weighted by atomic mass is 10.3. The van der Waals surface area contributed by atoms with Gasteiger partial charge in [0.15, 0.2) is 9.84 Å². The lowest BCUT2D eigenvalue weighted by Gasteiger charge is -2.08. The zero-order chi connectivity index (χ0) is 17.0. The molecule has 0 saturated heterocycles. The highest BCUT2D eigenvalue weighted by Crippen LogP contribution is 2.18. The van der Waals surface area contributed by atoms with Gasteiger partial charge in [-0.15, -0.1) is 0 Å². The maximum atomic E-state index is 13.4. The van der Waals surface area contributed by atoms with Crippen LogP contribution in [0.25, 0.3) is 0 Å². The summed E-state index contributed by atoms with van der Waals surface area (Å²) >= 11 is 0. The van der Waals surface area contributed by atoms with E-state index in [0.717, 1.165) is 12.1 Å². The highest BCUT2D eigenvalue weighted by molar-refractivity contribution is 7.92. The largest absolute Gasteiger partial charge is 0.497 e. The molecule has 8 heteroatoms. The highest BCUT2D eigenvalue weighted by Gasteiger charge is 2.20. The van der Waals surface area contributed by atoms with Gasteiger partial charge >= 0.3 is 0 Å². The number of nitrogens with one attached hydrogen (secondary N) is 1. The van der Waals surface area contributed by atoms with E-state index in [1.54, 1.807) is 0 Å². The Labute approximate surface area is 131 Å². The number of hydrogen-bond acceptors (Lipinski definition) is 4. The van der Waals surface area contributed by atoms with Crippen LogP contribution in [0.4, 0.5) is 14.5 Å². The van der Waals surface area contributed by atoms with Crippen molar-refractivity contribution in [2.45, 2.75) is 4.90 Å². The molecule has 0 unspecified atom stereocenters. The second kappa shape index (κ2) is 6.74. The summed E-state index contributed by atoms with van der Waals surface area (Å²) in [5.74, 6) is -3.10. The average Bonchev–Trinajstić information content (AvgIpc) is 2.49. The number of rotatable bonds is 5. The van der Waals surface area contributed by atoms with E-state index in [0.29, 0.717) is 11.8 Å². The molecule has 2 aromatic carbocycles. The number of carbonyl (C=O) groups excluding carboxylic acids is 1. The Bertz CT molecular complexity index is 820. The van der Waals surface area contributed by atoms with Crippen molar-refractivity contribution in [1.29, 1.82) is 0 Å². The third-order valence-corrected chi connectivity index (χ3v) is 4.58. The molecule has 23 heavy (non-hydrogen) atoms. The van der Waals surface area contributed by atoms with E-state index in [1.165, 1.54) is 31.4 Å². The maximum Gasteiger partial charge on any atom is 0.240 e. The van der Waals surface area contributed by atoms with E-state index in [1.807, 2.05) is 0 Å². The molecule has 0 bridgehead atoms. The van der Waals surface area contributed by atoms with Gasteiger partial charge in [0.2, 0.25) is 5.91 Å². The van der Waals surface area contributed by atoms with E-state index in [9.17, 15) is 22.0 Å². The summed E-state index contributed by atoms with van der Waals surface area (Å²) in [6.45, 7) is 0. The first-order chi connectivity index (χ1) is 10.8. The molecule has 0 aliphatic carbocycles. The fourth-order valence-corrected chi connectivity index (χ4v) is 2.95. The topological polar surface area (TPSA) is 72.5 Å². The molecule has 2 rings (SSSR count). The fraction of sp³-hybridized carbons (Fsp3) is 0.133. The molecule has 1 amide bonds. The molecule has 5 nitrogen and oxygen atoms in total. The molecule has 0 fully saturated rings. The Morgan fingerprint density at radius 2 is 1.78 bits per heavy atom. The molecule has 0 radical (unpaired) electrons. The van der Waals surface area contributed by atoms with Crippen LogP contribution in [0, 0.1) is 11.6 Å². The van der Waals surface area contributed by atoms with Gasteiger partial charge in [-0.3, -0.25) is 4.79 Å². The molecule has 122 valence electrons. The number of sulfone groups is 1. The van der Waals surface area contributed by atoms with Crippen LogP contribution in [-0.4, -0.2) is 27.2 Å². The molecular formula is C15H13F2NO4S. The van der Waals surface area contributed by atoms with Crippen LogP contribution in [0.3, 0.4) is 0 Å². The minimum absolute atomic E-state index is 0.0620. The first kappa shape index (κ1) is 16.9. The predicted molar refractivity (Wildman–Crippen MR) is 80.0 cm³/mol. The zero-order valence-electron chi connectivity index (χ0n) is 12.0. The molecular weight excluding hydrogens is 328 g/mol. The van der Waals surface area contributed by atoms with E-state index >= 15 is 0 Å². The molecule has 0 saturated carbocycles. The van der Waals surface area contributed by atoms with Crippen LogP contribution in [0.2, 0.25) is 0 Å². The van der Waals surface area contributed by atoms with E-state index in [2.05, 4.69) is 5.32 Å². The summed E-state index contributed by atoms with van der Waals surface area (Å²) in [5, 5.41) is 2.10. The molecule has 0 spiro atoms. The summed E-state index contributed by atoms with van der Waals surface area (Å²) in [4.78, 5) is 11.7. The number of anilines is 1. The predicted octanol–water partition coefficient (Wildman–Crippen LogP) is 2.39. The standard InChI is InChI=1S/C15H13F2NO4S/c1-22-11-3-5-12(6-4-11)23(20,21)9-15(19)18-14-7-2-10(16)8-13(14)17/h2-8H,9H2,1H3,(H,18,19). The van der Waals surface area contributed by atoms with Gasteiger partial charge in [-0.05, 0) is 36.4 Å². The quantitative estimate of drug-likeness (QED) is 0.906. The summed E-state index contributed by atoms with van der Waals surface area (Å²) in [6, 6.07) is 8.07. The summed E-state index contributed by atoms with van der Waals surface area (Å²) in [5.41, 5.74) is -0.290. The first-order valence-electron chi connectivity index (χ1n) is 6.43. The minimum atomic E-state index is -3.89. The van der Waals surface area contributed by atoms with Crippen molar-refractivity contribution in [2.75, 3.05) is 18.2 Å². The van der Waals surface area contributed by atoms with Crippen molar-refractivity contribution < 1.29 is 26.7 Å². The summed E-state index contributed by atoms with van der Waals surface area (Å²) in [6.07, 6.45) is 0. The highest BCUT2D eigenvalue weighted by atomic mass is 32.2. The Morgan fingerprint density at radius 3 is 2.35 bits per heavy atom. The lowest BCUT2D eigenvalue weighted by Crippen LogP contribution is -2.23. The van der Waals surface area contributed by atoms with Crippen LogP contribution in [0.1, 0.15) is 0 Å². The summed E-state index contributed by atoms with van der Waals surface area (Å²) in [7, 11) is -2.45. The normalized spacial score (nSPS) is 11.1. The number of carbonyl (C=O) groups is 1. The van der Waals surface area contributed by atoms with Crippen molar-refractivity contribution in [2.24, 2.45) is 0 Å². The second-order valence-corrected chi connectivity index (χ2v) is 6.60. The molecule has 1 N–H and O–H groups in total. The van der Waals surface area contributed by atoms with Crippen LogP contribution in [-0.2, 0) is 14.6 Å². The van der Waals surface area contributed by atoms with Crippen molar-refractivity contribution in [3.63, 3.8) is 0 Å².